The van der Waals surface area contributed by atoms with E-state index in [1.54, 1.807) is 6.92 Å². The van der Waals surface area contributed by atoms with Crippen molar-refractivity contribution in [2.75, 3.05) is 0 Å². The lowest BCUT2D eigenvalue weighted by atomic mass is 9.88. The predicted octanol–water partition coefficient (Wildman–Crippen LogP) is 3.69. The lowest BCUT2D eigenvalue weighted by Crippen LogP contribution is -2.26. The number of hydrogen-bond acceptors (Lipinski definition) is 3. The quantitative estimate of drug-likeness (QED) is 0.775. The summed E-state index contributed by atoms with van der Waals surface area (Å²) in [5.74, 6) is 0.394. The van der Waals surface area contributed by atoms with Gasteiger partial charge in [0.1, 0.15) is 17.0 Å². The minimum atomic E-state index is -0.245. The number of aryl methyl sites for hydroxylation is 1. The summed E-state index contributed by atoms with van der Waals surface area (Å²) < 4.78 is 5.23. The van der Waals surface area contributed by atoms with Crippen molar-refractivity contribution < 1.29 is 9.32 Å². The number of carbonyl (C=O) groups is 1. The first kappa shape index (κ1) is 15.3. The molecule has 0 bridgehead atoms. The van der Waals surface area contributed by atoms with E-state index < -0.39 is 0 Å². The van der Waals surface area contributed by atoms with Crippen molar-refractivity contribution in [1.82, 2.24) is 15.5 Å². The minimum absolute atomic E-state index is 0.154. The number of nitrogens with one attached hydrogen (secondary N) is 2. The molecule has 0 aliphatic rings. The third-order valence-corrected chi connectivity index (χ3v) is 3.91. The number of aromatic nitrogens is 2. The lowest BCUT2D eigenvalue weighted by Gasteiger charge is -2.16. The molecule has 0 aliphatic heterocycles. The Morgan fingerprint density at radius 1 is 1.30 bits per heavy atom. The number of aromatic amines is 1. The standard InChI is InChI=1S/C18H21N3O2/c1-11-15(16(21-23-11)18(2,3)4)17(22)20-10-12-9-19-14-8-6-5-7-13(12)14/h5-9,19H,10H2,1-4H3,(H,20,22). The van der Waals surface area contributed by atoms with E-state index in [1.165, 1.54) is 0 Å². The van der Waals surface area contributed by atoms with Crippen LogP contribution in [0, 0.1) is 6.92 Å². The van der Waals surface area contributed by atoms with Gasteiger partial charge in [-0.3, -0.25) is 4.79 Å². The van der Waals surface area contributed by atoms with E-state index >= 15 is 0 Å². The van der Waals surface area contributed by atoms with Crippen molar-refractivity contribution in [3.05, 3.63) is 53.0 Å². The molecular formula is C18H21N3O2. The van der Waals surface area contributed by atoms with E-state index in [1.807, 2.05) is 51.2 Å². The van der Waals surface area contributed by atoms with Gasteiger partial charge in [0.15, 0.2) is 0 Å². The summed E-state index contributed by atoms with van der Waals surface area (Å²) in [4.78, 5) is 15.8. The maximum atomic E-state index is 12.6. The van der Waals surface area contributed by atoms with Crippen LogP contribution in [0.25, 0.3) is 10.9 Å². The van der Waals surface area contributed by atoms with E-state index in [0.717, 1.165) is 16.5 Å². The fourth-order valence-corrected chi connectivity index (χ4v) is 2.69. The van der Waals surface area contributed by atoms with Crippen LogP contribution in [0.2, 0.25) is 0 Å². The Labute approximate surface area is 135 Å². The Morgan fingerprint density at radius 3 is 2.78 bits per heavy atom. The molecule has 120 valence electrons. The molecule has 2 heterocycles. The van der Waals surface area contributed by atoms with Crippen LogP contribution in [0.4, 0.5) is 0 Å². The van der Waals surface area contributed by atoms with Crippen LogP contribution in [-0.2, 0) is 12.0 Å². The number of fused-ring (bicyclic) bond motifs is 1. The number of rotatable bonds is 3. The normalized spacial score (nSPS) is 11.8. The third kappa shape index (κ3) is 2.86. The summed E-state index contributed by atoms with van der Waals surface area (Å²) in [5, 5.41) is 8.15. The summed E-state index contributed by atoms with van der Waals surface area (Å²) in [6.45, 7) is 8.27. The van der Waals surface area contributed by atoms with Gasteiger partial charge in [-0.25, -0.2) is 0 Å². The second-order valence-electron chi connectivity index (χ2n) is 6.75. The topological polar surface area (TPSA) is 70.9 Å². The molecule has 2 N–H and O–H groups in total. The first-order valence-corrected chi connectivity index (χ1v) is 7.68. The summed E-state index contributed by atoms with van der Waals surface area (Å²) in [5.41, 5.74) is 3.10. The fraction of sp³-hybridized carbons (Fsp3) is 0.333. The van der Waals surface area contributed by atoms with Crippen molar-refractivity contribution in [2.45, 2.75) is 39.7 Å². The van der Waals surface area contributed by atoms with Crippen molar-refractivity contribution in [3.8, 4) is 0 Å². The van der Waals surface area contributed by atoms with E-state index in [2.05, 4.69) is 15.5 Å². The first-order valence-electron chi connectivity index (χ1n) is 7.68. The molecule has 0 radical (unpaired) electrons. The van der Waals surface area contributed by atoms with Gasteiger partial charge in [0.05, 0.1) is 0 Å². The molecule has 2 aromatic heterocycles. The Balaban J connectivity index is 1.82. The van der Waals surface area contributed by atoms with Gasteiger partial charge in [-0.2, -0.15) is 0 Å². The summed E-state index contributed by atoms with van der Waals surface area (Å²) in [6, 6.07) is 8.03. The molecule has 0 fully saturated rings. The average molecular weight is 311 g/mol. The summed E-state index contributed by atoms with van der Waals surface area (Å²) in [7, 11) is 0. The van der Waals surface area contributed by atoms with Crippen LogP contribution in [-0.4, -0.2) is 16.0 Å². The number of para-hydroxylation sites is 1. The number of amides is 1. The van der Waals surface area contributed by atoms with E-state index in [0.29, 0.717) is 23.6 Å². The zero-order chi connectivity index (χ0) is 16.6. The Bertz CT molecular complexity index is 853. The van der Waals surface area contributed by atoms with Crippen LogP contribution >= 0.6 is 0 Å². The zero-order valence-electron chi connectivity index (χ0n) is 13.9. The Kier molecular flexibility index (Phi) is 3.72. The van der Waals surface area contributed by atoms with Gasteiger partial charge in [0.25, 0.3) is 5.91 Å². The van der Waals surface area contributed by atoms with Crippen LogP contribution in [0.1, 0.15) is 48.1 Å². The van der Waals surface area contributed by atoms with Crippen LogP contribution in [0.15, 0.2) is 35.0 Å². The predicted molar refractivity (Wildman–Crippen MR) is 89.4 cm³/mol. The smallest absolute Gasteiger partial charge is 0.257 e. The third-order valence-electron chi connectivity index (χ3n) is 3.91. The van der Waals surface area contributed by atoms with E-state index in [9.17, 15) is 4.79 Å². The molecule has 0 atom stereocenters. The molecule has 0 aliphatic carbocycles. The molecule has 0 saturated heterocycles. The molecule has 3 rings (SSSR count). The number of carbonyl (C=O) groups excluding carboxylic acids is 1. The highest BCUT2D eigenvalue weighted by Crippen LogP contribution is 2.27. The molecule has 3 aromatic rings. The average Bonchev–Trinajstić information content (AvgIpc) is 3.08. The summed E-state index contributed by atoms with van der Waals surface area (Å²) in [6.07, 6.45) is 1.93. The number of benzene rings is 1. The van der Waals surface area contributed by atoms with Gasteiger partial charge in [-0.1, -0.05) is 44.1 Å². The monoisotopic (exact) mass is 311 g/mol. The number of H-pyrrole nitrogens is 1. The lowest BCUT2D eigenvalue weighted by molar-refractivity contribution is 0.0947. The second kappa shape index (κ2) is 5.57. The van der Waals surface area contributed by atoms with Gasteiger partial charge < -0.3 is 14.8 Å². The number of hydrogen-bond donors (Lipinski definition) is 2. The van der Waals surface area contributed by atoms with Crippen molar-refractivity contribution in [3.63, 3.8) is 0 Å². The van der Waals surface area contributed by atoms with Gasteiger partial charge in [0.2, 0.25) is 0 Å². The highest BCUT2D eigenvalue weighted by molar-refractivity contribution is 5.96. The maximum absolute atomic E-state index is 12.6. The van der Waals surface area contributed by atoms with Crippen molar-refractivity contribution in [2.24, 2.45) is 0 Å². The van der Waals surface area contributed by atoms with Gasteiger partial charge in [-0.15, -0.1) is 0 Å². The molecule has 1 aromatic carbocycles. The Hall–Kier alpha value is -2.56. The highest BCUT2D eigenvalue weighted by atomic mass is 16.5. The first-order chi connectivity index (χ1) is 10.9. The molecule has 0 spiro atoms. The van der Waals surface area contributed by atoms with Gasteiger partial charge in [0, 0.05) is 29.1 Å². The minimum Gasteiger partial charge on any atom is -0.361 e. The van der Waals surface area contributed by atoms with Gasteiger partial charge >= 0.3 is 0 Å². The molecule has 5 heteroatoms. The number of nitrogens with zero attached hydrogens (tertiary/aromatic N) is 1. The van der Waals surface area contributed by atoms with Crippen molar-refractivity contribution >= 4 is 16.8 Å². The molecule has 23 heavy (non-hydrogen) atoms. The fourth-order valence-electron chi connectivity index (χ4n) is 2.69. The highest BCUT2D eigenvalue weighted by Gasteiger charge is 2.28. The van der Waals surface area contributed by atoms with E-state index in [-0.39, 0.29) is 11.3 Å². The second-order valence-corrected chi connectivity index (χ2v) is 6.75. The van der Waals surface area contributed by atoms with E-state index in [4.69, 9.17) is 4.52 Å². The largest absolute Gasteiger partial charge is 0.361 e. The summed E-state index contributed by atoms with van der Waals surface area (Å²) >= 11 is 0. The zero-order valence-corrected chi connectivity index (χ0v) is 13.9. The SMILES string of the molecule is Cc1onc(C(C)(C)C)c1C(=O)NCc1c[nH]c2ccccc12. The van der Waals surface area contributed by atoms with Crippen LogP contribution < -0.4 is 5.32 Å². The molecule has 0 saturated carbocycles. The Morgan fingerprint density at radius 2 is 2.04 bits per heavy atom. The van der Waals surface area contributed by atoms with Crippen LogP contribution in [0.5, 0.6) is 0 Å². The van der Waals surface area contributed by atoms with Crippen molar-refractivity contribution in [1.29, 1.82) is 0 Å². The molecule has 1 amide bonds. The van der Waals surface area contributed by atoms with Gasteiger partial charge in [-0.05, 0) is 18.6 Å². The molecular weight excluding hydrogens is 290 g/mol. The maximum Gasteiger partial charge on any atom is 0.257 e. The molecule has 0 unspecified atom stereocenters. The molecule has 5 nitrogen and oxygen atoms in total. The van der Waals surface area contributed by atoms with Crippen LogP contribution in [0.3, 0.4) is 0 Å².